The van der Waals surface area contributed by atoms with Gasteiger partial charge in [0.25, 0.3) is 0 Å². The molecule has 33 heavy (non-hydrogen) atoms. The Bertz CT molecular complexity index is 1260. The molecule has 4 rings (SSSR count). The first-order chi connectivity index (χ1) is 15.6. The van der Waals surface area contributed by atoms with Crippen molar-refractivity contribution in [3.8, 4) is 34.3 Å². The van der Waals surface area contributed by atoms with Crippen LogP contribution in [0, 0.1) is 0 Å². The maximum absolute atomic E-state index is 12.6. The number of rotatable bonds is 4. The van der Waals surface area contributed by atoms with E-state index in [9.17, 15) is 40.2 Å². The standard InChI is InChI=1S/C21H18O12/c22-8-3-1-7(2-4-8)10-5-9(23)13-11(31-10)6-12(14(24)15(13)25)32-21-18(28)16(26)17(27)19(33-21)20(29)30/h1-6,16-19,21-22,24-28H,(H,29,30)/t16-,17-,18+,19-,21?/m0/s1. The monoisotopic (exact) mass is 462 g/mol. The van der Waals surface area contributed by atoms with E-state index in [1.165, 1.54) is 24.3 Å². The van der Waals surface area contributed by atoms with Crippen molar-refractivity contribution < 1.29 is 54.4 Å². The number of phenolic OH excluding ortho intramolecular Hbond substituents is 3. The van der Waals surface area contributed by atoms with Gasteiger partial charge in [-0.1, -0.05) is 0 Å². The van der Waals surface area contributed by atoms with Gasteiger partial charge >= 0.3 is 5.97 Å². The van der Waals surface area contributed by atoms with Gasteiger partial charge in [-0.3, -0.25) is 4.79 Å². The van der Waals surface area contributed by atoms with E-state index in [4.69, 9.17) is 19.0 Å². The SMILES string of the molecule is O=C(O)[C@H]1OC(Oc2cc3oc(-c4ccc(O)cc4)cc(=O)c3c(O)c2O)[C@H](O)[C@@H](O)[C@@H]1O. The van der Waals surface area contributed by atoms with Crippen LogP contribution in [0.15, 0.2) is 45.6 Å². The predicted molar refractivity (Wildman–Crippen MR) is 108 cm³/mol. The van der Waals surface area contributed by atoms with E-state index in [0.717, 1.165) is 12.1 Å². The minimum Gasteiger partial charge on any atom is -0.508 e. The summed E-state index contributed by atoms with van der Waals surface area (Å²) in [6.45, 7) is 0. The minimum atomic E-state index is -1.96. The van der Waals surface area contributed by atoms with Gasteiger partial charge in [0, 0.05) is 17.7 Å². The lowest BCUT2D eigenvalue weighted by Gasteiger charge is -2.38. The van der Waals surface area contributed by atoms with Crippen molar-refractivity contribution in [3.05, 3.63) is 46.6 Å². The number of carboxylic acids is 1. The molecule has 5 atom stereocenters. The van der Waals surface area contributed by atoms with Gasteiger partial charge in [-0.25, -0.2) is 4.79 Å². The highest BCUT2D eigenvalue weighted by Gasteiger charge is 2.48. The van der Waals surface area contributed by atoms with E-state index >= 15 is 0 Å². The van der Waals surface area contributed by atoms with Crippen LogP contribution in [-0.4, -0.2) is 72.4 Å². The number of carbonyl (C=O) groups is 1. The van der Waals surface area contributed by atoms with Crippen LogP contribution in [0.5, 0.6) is 23.0 Å². The average Bonchev–Trinajstić information content (AvgIpc) is 2.77. The summed E-state index contributed by atoms with van der Waals surface area (Å²) >= 11 is 0. The first kappa shape index (κ1) is 22.4. The number of ether oxygens (including phenoxy) is 2. The molecule has 1 saturated heterocycles. The number of phenols is 3. The van der Waals surface area contributed by atoms with Crippen LogP contribution in [0.25, 0.3) is 22.3 Å². The van der Waals surface area contributed by atoms with Gasteiger partial charge in [0.05, 0.1) is 0 Å². The molecular weight excluding hydrogens is 444 g/mol. The maximum atomic E-state index is 12.6. The molecule has 0 bridgehead atoms. The van der Waals surface area contributed by atoms with Gasteiger partial charge in [-0.05, 0) is 24.3 Å². The fraction of sp³-hybridized carbons (Fsp3) is 0.238. The van der Waals surface area contributed by atoms with Crippen LogP contribution in [0.4, 0.5) is 0 Å². The Morgan fingerprint density at radius 1 is 0.909 bits per heavy atom. The first-order valence-electron chi connectivity index (χ1n) is 9.49. The van der Waals surface area contributed by atoms with Crippen molar-refractivity contribution in [3.63, 3.8) is 0 Å². The van der Waals surface area contributed by atoms with E-state index in [0.29, 0.717) is 5.56 Å². The molecule has 12 heteroatoms. The van der Waals surface area contributed by atoms with Crippen LogP contribution in [0.3, 0.4) is 0 Å². The minimum absolute atomic E-state index is 0.0156. The van der Waals surface area contributed by atoms with Gasteiger partial charge in [-0.2, -0.15) is 0 Å². The van der Waals surface area contributed by atoms with Crippen LogP contribution in [-0.2, 0) is 9.53 Å². The summed E-state index contributed by atoms with van der Waals surface area (Å²) in [5.41, 5.74) is -0.539. The van der Waals surface area contributed by atoms with E-state index in [1.807, 2.05) is 0 Å². The normalized spacial score (nSPS) is 25.1. The Balaban J connectivity index is 1.76. The lowest BCUT2D eigenvalue weighted by Crippen LogP contribution is -2.61. The zero-order chi connectivity index (χ0) is 24.0. The van der Waals surface area contributed by atoms with E-state index < -0.39 is 59.4 Å². The Labute approximate surface area is 183 Å². The number of carboxylic acid groups (broad SMARTS) is 1. The molecule has 1 aliphatic heterocycles. The molecule has 7 N–H and O–H groups in total. The topological polar surface area (TPSA) is 207 Å². The molecule has 0 amide bonds. The quantitative estimate of drug-likeness (QED) is 0.253. The fourth-order valence-corrected chi connectivity index (χ4v) is 3.40. The van der Waals surface area contributed by atoms with E-state index in [1.54, 1.807) is 0 Å². The van der Waals surface area contributed by atoms with Crippen molar-refractivity contribution in [1.82, 2.24) is 0 Å². The summed E-state index contributed by atoms with van der Waals surface area (Å²) in [4.78, 5) is 23.8. The molecule has 1 unspecified atom stereocenters. The molecule has 2 heterocycles. The highest BCUT2D eigenvalue weighted by atomic mass is 16.7. The Hall–Kier alpha value is -3.84. The summed E-state index contributed by atoms with van der Waals surface area (Å²) in [5, 5.41) is 68.6. The van der Waals surface area contributed by atoms with Crippen molar-refractivity contribution in [1.29, 1.82) is 0 Å². The Kier molecular flexibility index (Phi) is 5.59. The lowest BCUT2D eigenvalue weighted by molar-refractivity contribution is -0.271. The molecule has 0 aliphatic carbocycles. The third-order valence-corrected chi connectivity index (χ3v) is 5.14. The highest BCUT2D eigenvalue weighted by Crippen LogP contribution is 2.42. The average molecular weight is 462 g/mol. The largest absolute Gasteiger partial charge is 0.508 e. The highest BCUT2D eigenvalue weighted by molar-refractivity contribution is 5.89. The summed E-state index contributed by atoms with van der Waals surface area (Å²) in [5.74, 6) is -4.01. The van der Waals surface area contributed by atoms with Crippen molar-refractivity contribution in [2.24, 2.45) is 0 Å². The van der Waals surface area contributed by atoms with Gasteiger partial charge in [-0.15, -0.1) is 0 Å². The number of aliphatic carboxylic acids is 1. The van der Waals surface area contributed by atoms with Crippen LogP contribution in [0.2, 0.25) is 0 Å². The van der Waals surface area contributed by atoms with Gasteiger partial charge in [0.1, 0.15) is 40.8 Å². The molecule has 3 aromatic rings. The number of fused-ring (bicyclic) bond motifs is 1. The second-order valence-electron chi connectivity index (χ2n) is 7.32. The lowest BCUT2D eigenvalue weighted by atomic mass is 9.99. The predicted octanol–water partition coefficient (Wildman–Crippen LogP) is -0.152. The molecule has 1 fully saturated rings. The van der Waals surface area contributed by atoms with Crippen LogP contribution >= 0.6 is 0 Å². The van der Waals surface area contributed by atoms with Crippen LogP contribution < -0.4 is 10.2 Å². The summed E-state index contributed by atoms with van der Waals surface area (Å²) in [7, 11) is 0. The molecule has 174 valence electrons. The molecule has 0 saturated carbocycles. The molecule has 12 nitrogen and oxygen atoms in total. The van der Waals surface area contributed by atoms with Crippen molar-refractivity contribution >= 4 is 16.9 Å². The number of aliphatic hydroxyl groups is 3. The third kappa shape index (κ3) is 3.91. The smallest absolute Gasteiger partial charge is 0.335 e. The molecule has 0 radical (unpaired) electrons. The molecule has 0 spiro atoms. The zero-order valence-electron chi connectivity index (χ0n) is 16.5. The van der Waals surface area contributed by atoms with Gasteiger partial charge < -0.3 is 49.6 Å². The number of hydrogen-bond acceptors (Lipinski definition) is 11. The number of hydrogen-bond donors (Lipinski definition) is 7. The second kappa shape index (κ2) is 8.26. The third-order valence-electron chi connectivity index (χ3n) is 5.14. The number of aliphatic hydroxyl groups excluding tert-OH is 3. The summed E-state index contributed by atoms with van der Waals surface area (Å²) in [6, 6.07) is 7.74. The molecule has 1 aliphatic rings. The number of aromatic hydroxyl groups is 3. The van der Waals surface area contributed by atoms with Crippen LogP contribution in [0.1, 0.15) is 0 Å². The van der Waals surface area contributed by atoms with Crippen molar-refractivity contribution in [2.75, 3.05) is 0 Å². The zero-order valence-corrected chi connectivity index (χ0v) is 16.5. The van der Waals surface area contributed by atoms with Crippen molar-refractivity contribution in [2.45, 2.75) is 30.7 Å². The van der Waals surface area contributed by atoms with Gasteiger partial charge in [0.2, 0.25) is 12.0 Å². The maximum Gasteiger partial charge on any atom is 0.335 e. The molecule has 2 aromatic carbocycles. The molecular formula is C21H18O12. The van der Waals surface area contributed by atoms with E-state index in [-0.39, 0.29) is 22.5 Å². The first-order valence-corrected chi connectivity index (χ1v) is 9.49. The van der Waals surface area contributed by atoms with E-state index in [2.05, 4.69) is 0 Å². The number of benzene rings is 2. The Morgan fingerprint density at radius 3 is 2.21 bits per heavy atom. The Morgan fingerprint density at radius 2 is 1.58 bits per heavy atom. The second-order valence-corrected chi connectivity index (χ2v) is 7.32. The summed E-state index contributed by atoms with van der Waals surface area (Å²) < 4.78 is 15.9. The molecule has 1 aromatic heterocycles. The van der Waals surface area contributed by atoms with Gasteiger partial charge in [0.15, 0.2) is 23.0 Å². The fourth-order valence-electron chi connectivity index (χ4n) is 3.40. The summed E-state index contributed by atoms with van der Waals surface area (Å²) in [6.07, 6.45) is -9.67.